The number of nitrogens with two attached hydrogens (primary N) is 1. The molecule has 1 heterocycles. The number of alkyl halides is 3. The van der Waals surface area contributed by atoms with E-state index < -0.39 is 29.2 Å². The number of ether oxygens (including phenoxy) is 3. The Hall–Kier alpha value is -3.24. The molecule has 0 aliphatic carbocycles. The highest BCUT2D eigenvalue weighted by Gasteiger charge is 2.40. The number of rotatable bonds is 7. The van der Waals surface area contributed by atoms with Gasteiger partial charge in [-0.15, -0.1) is 0 Å². The third kappa shape index (κ3) is 4.66. The van der Waals surface area contributed by atoms with E-state index >= 15 is 0 Å². The van der Waals surface area contributed by atoms with Crippen LogP contribution >= 0.6 is 0 Å². The molecule has 3 N–H and O–H groups in total. The van der Waals surface area contributed by atoms with Gasteiger partial charge in [-0.2, -0.15) is 13.2 Å². The maximum atomic E-state index is 13.6. The standard InChI is InChI=1S/C20H18F3NO6/c1-27-12-2-4-13(5-3-12)29-18-17(26)15-7-6-14(28-10-11(25)9-24)8-16(15)30-19(18)20(21,22)23/h2-8,11,25H,9-10,24H2,1H3/t11-/m0/s1. The molecule has 160 valence electrons. The van der Waals surface area contributed by atoms with Crippen LogP contribution in [0.25, 0.3) is 11.0 Å². The van der Waals surface area contributed by atoms with Gasteiger partial charge >= 0.3 is 6.18 Å². The van der Waals surface area contributed by atoms with Crippen molar-refractivity contribution >= 4 is 11.0 Å². The molecule has 0 saturated carbocycles. The first-order valence-electron chi connectivity index (χ1n) is 8.74. The van der Waals surface area contributed by atoms with E-state index in [4.69, 9.17) is 24.4 Å². The van der Waals surface area contributed by atoms with E-state index in [1.807, 2.05) is 0 Å². The van der Waals surface area contributed by atoms with E-state index in [2.05, 4.69) is 0 Å². The fourth-order valence-corrected chi connectivity index (χ4v) is 2.55. The average molecular weight is 425 g/mol. The SMILES string of the molecule is COc1ccc(Oc2c(C(F)(F)F)oc3cc(OC[C@@H](O)CN)ccc3c2=O)cc1. The van der Waals surface area contributed by atoms with Gasteiger partial charge in [0.15, 0.2) is 0 Å². The Morgan fingerprint density at radius 1 is 1.10 bits per heavy atom. The summed E-state index contributed by atoms with van der Waals surface area (Å²) in [5.41, 5.74) is 3.94. The van der Waals surface area contributed by atoms with Crippen molar-refractivity contribution in [3.05, 3.63) is 58.4 Å². The molecule has 0 amide bonds. The quantitative estimate of drug-likeness (QED) is 0.599. The summed E-state index contributed by atoms with van der Waals surface area (Å²) >= 11 is 0. The third-order valence-corrected chi connectivity index (χ3v) is 4.07. The number of aliphatic hydroxyl groups is 1. The third-order valence-electron chi connectivity index (χ3n) is 4.07. The van der Waals surface area contributed by atoms with Gasteiger partial charge in [0.25, 0.3) is 5.76 Å². The van der Waals surface area contributed by atoms with Crippen molar-refractivity contribution in [2.24, 2.45) is 5.73 Å². The van der Waals surface area contributed by atoms with Crippen molar-refractivity contribution in [1.82, 2.24) is 0 Å². The van der Waals surface area contributed by atoms with Crippen molar-refractivity contribution < 1.29 is 36.9 Å². The van der Waals surface area contributed by atoms with Gasteiger partial charge in [-0.1, -0.05) is 0 Å². The summed E-state index contributed by atoms with van der Waals surface area (Å²) < 4.78 is 61.2. The molecule has 0 fully saturated rings. The van der Waals surface area contributed by atoms with E-state index in [-0.39, 0.29) is 35.6 Å². The minimum absolute atomic E-state index is 0.00340. The molecular formula is C20H18F3NO6. The van der Waals surface area contributed by atoms with Gasteiger partial charge in [-0.25, -0.2) is 0 Å². The number of fused-ring (bicyclic) bond motifs is 1. The molecule has 0 unspecified atom stereocenters. The fourth-order valence-electron chi connectivity index (χ4n) is 2.55. The highest BCUT2D eigenvalue weighted by molar-refractivity contribution is 5.79. The van der Waals surface area contributed by atoms with E-state index in [0.717, 1.165) is 6.07 Å². The molecule has 0 spiro atoms. The average Bonchev–Trinajstić information content (AvgIpc) is 2.73. The van der Waals surface area contributed by atoms with E-state index in [0.29, 0.717) is 5.75 Å². The van der Waals surface area contributed by atoms with Crippen LogP contribution in [0, 0.1) is 0 Å². The Labute approximate surface area is 168 Å². The first-order chi connectivity index (χ1) is 14.2. The molecular weight excluding hydrogens is 407 g/mol. The predicted molar refractivity (Wildman–Crippen MR) is 101 cm³/mol. The Kier molecular flexibility index (Phi) is 6.18. The van der Waals surface area contributed by atoms with E-state index in [1.54, 1.807) is 0 Å². The van der Waals surface area contributed by atoms with Gasteiger partial charge in [-0.05, 0) is 36.4 Å². The van der Waals surface area contributed by atoms with Crippen LogP contribution in [0.3, 0.4) is 0 Å². The normalized spacial score (nSPS) is 12.6. The Bertz CT molecular complexity index is 1080. The Morgan fingerprint density at radius 2 is 1.73 bits per heavy atom. The minimum Gasteiger partial charge on any atom is -0.497 e. The molecule has 0 saturated heterocycles. The maximum absolute atomic E-state index is 13.6. The number of hydrogen-bond acceptors (Lipinski definition) is 7. The first-order valence-corrected chi connectivity index (χ1v) is 8.74. The highest BCUT2D eigenvalue weighted by Crippen LogP contribution is 2.38. The smallest absolute Gasteiger partial charge is 0.453 e. The van der Waals surface area contributed by atoms with Crippen molar-refractivity contribution in [2.45, 2.75) is 12.3 Å². The molecule has 0 radical (unpaired) electrons. The van der Waals surface area contributed by atoms with Crippen LogP contribution < -0.4 is 25.4 Å². The van der Waals surface area contributed by atoms with Gasteiger partial charge in [0.1, 0.15) is 35.5 Å². The van der Waals surface area contributed by atoms with Crippen LogP contribution in [0.5, 0.6) is 23.0 Å². The zero-order valence-electron chi connectivity index (χ0n) is 15.7. The van der Waals surface area contributed by atoms with Crippen molar-refractivity contribution in [3.8, 4) is 23.0 Å². The van der Waals surface area contributed by atoms with Crippen molar-refractivity contribution in [1.29, 1.82) is 0 Å². The lowest BCUT2D eigenvalue weighted by Crippen LogP contribution is -2.26. The Balaban J connectivity index is 2.05. The fraction of sp³-hybridized carbons (Fsp3) is 0.250. The summed E-state index contributed by atoms with van der Waals surface area (Å²) in [5.74, 6) is -1.97. The summed E-state index contributed by atoms with van der Waals surface area (Å²) in [6.45, 7) is -0.218. The number of halogens is 3. The lowest BCUT2D eigenvalue weighted by molar-refractivity contribution is -0.154. The number of benzene rings is 2. The summed E-state index contributed by atoms with van der Waals surface area (Å²) in [5, 5.41) is 9.31. The van der Waals surface area contributed by atoms with E-state index in [1.165, 1.54) is 43.5 Å². The second kappa shape index (κ2) is 8.64. The van der Waals surface area contributed by atoms with Gasteiger partial charge < -0.3 is 29.5 Å². The molecule has 7 nitrogen and oxygen atoms in total. The Morgan fingerprint density at radius 3 is 2.33 bits per heavy atom. The van der Waals surface area contributed by atoms with Gasteiger partial charge in [0, 0.05) is 12.6 Å². The molecule has 1 aromatic heterocycles. The summed E-state index contributed by atoms with van der Waals surface area (Å²) in [7, 11) is 1.43. The summed E-state index contributed by atoms with van der Waals surface area (Å²) in [4.78, 5) is 12.7. The van der Waals surface area contributed by atoms with Gasteiger partial charge in [0.2, 0.25) is 11.2 Å². The van der Waals surface area contributed by atoms with Gasteiger partial charge in [-0.3, -0.25) is 4.79 Å². The number of aliphatic hydroxyl groups excluding tert-OH is 1. The summed E-state index contributed by atoms with van der Waals surface area (Å²) in [6.07, 6.45) is -5.93. The first kappa shape index (κ1) is 21.5. The second-order valence-electron chi connectivity index (χ2n) is 6.22. The zero-order valence-corrected chi connectivity index (χ0v) is 15.7. The molecule has 3 rings (SSSR count). The summed E-state index contributed by atoms with van der Waals surface area (Å²) in [6, 6.07) is 9.44. The predicted octanol–water partition coefficient (Wildman–Crippen LogP) is 3.31. The van der Waals surface area contributed by atoms with Crippen LogP contribution in [0.1, 0.15) is 5.76 Å². The van der Waals surface area contributed by atoms with Gasteiger partial charge in [0.05, 0.1) is 12.5 Å². The molecule has 10 heteroatoms. The molecule has 1 atom stereocenters. The van der Waals surface area contributed by atoms with E-state index in [9.17, 15) is 23.1 Å². The van der Waals surface area contributed by atoms with Crippen LogP contribution in [0.15, 0.2) is 51.7 Å². The van der Waals surface area contributed by atoms with Crippen LogP contribution in [-0.4, -0.2) is 31.5 Å². The topological polar surface area (TPSA) is 104 Å². The highest BCUT2D eigenvalue weighted by atomic mass is 19.4. The molecule has 0 aliphatic heterocycles. The van der Waals surface area contributed by atoms with Crippen LogP contribution in [0.2, 0.25) is 0 Å². The largest absolute Gasteiger partial charge is 0.497 e. The molecule has 0 aliphatic rings. The number of methoxy groups -OCH3 is 1. The van der Waals surface area contributed by atoms with Crippen molar-refractivity contribution in [3.63, 3.8) is 0 Å². The molecule has 0 bridgehead atoms. The molecule has 2 aromatic carbocycles. The lowest BCUT2D eigenvalue weighted by Gasteiger charge is -2.14. The number of hydrogen-bond donors (Lipinski definition) is 2. The molecule has 3 aromatic rings. The maximum Gasteiger partial charge on any atom is 0.453 e. The molecule has 30 heavy (non-hydrogen) atoms. The van der Waals surface area contributed by atoms with Crippen molar-refractivity contribution in [2.75, 3.05) is 20.3 Å². The lowest BCUT2D eigenvalue weighted by atomic mass is 10.2. The zero-order chi connectivity index (χ0) is 21.9. The monoisotopic (exact) mass is 425 g/mol. The van der Waals surface area contributed by atoms with Crippen LogP contribution in [-0.2, 0) is 6.18 Å². The second-order valence-corrected chi connectivity index (χ2v) is 6.22. The van der Waals surface area contributed by atoms with Crippen LogP contribution in [0.4, 0.5) is 13.2 Å². The minimum atomic E-state index is -4.98.